The Balaban J connectivity index is 2.50. The first-order valence-electron chi connectivity index (χ1n) is 9.52. The Morgan fingerprint density at radius 2 is 2.07 bits per heavy atom. The summed E-state index contributed by atoms with van der Waals surface area (Å²) in [5.41, 5.74) is 3.71. The van der Waals surface area contributed by atoms with E-state index < -0.39 is 0 Å². The van der Waals surface area contributed by atoms with E-state index in [2.05, 4.69) is 24.5 Å². The molecule has 0 saturated carbocycles. The van der Waals surface area contributed by atoms with Gasteiger partial charge in [0.2, 0.25) is 0 Å². The molecule has 0 atom stereocenters. The lowest BCUT2D eigenvalue weighted by Gasteiger charge is -2.22. The second kappa shape index (κ2) is 10.7. The fourth-order valence-electron chi connectivity index (χ4n) is 2.93. The number of allylic oxidation sites excluding steroid dienone is 3. The van der Waals surface area contributed by atoms with Crippen molar-refractivity contribution in [2.45, 2.75) is 27.2 Å². The molecule has 0 saturated heterocycles. The molecule has 5 heteroatoms. The number of amides is 1. The number of benzene rings is 1. The number of hydrogen-bond acceptors (Lipinski definition) is 4. The Hall–Kier alpha value is -2.53. The molecule has 1 heterocycles. The summed E-state index contributed by atoms with van der Waals surface area (Å²) in [6, 6.07) is 8.00. The van der Waals surface area contributed by atoms with Crippen LogP contribution in [0.5, 0.6) is 0 Å². The van der Waals surface area contributed by atoms with Crippen LogP contribution in [0.3, 0.4) is 0 Å². The highest BCUT2D eigenvalue weighted by Gasteiger charge is 2.27. The van der Waals surface area contributed by atoms with E-state index in [-0.39, 0.29) is 5.91 Å². The molecule has 1 aromatic rings. The van der Waals surface area contributed by atoms with Crippen molar-refractivity contribution in [2.24, 2.45) is 4.99 Å². The van der Waals surface area contributed by atoms with E-state index in [1.165, 1.54) is 0 Å². The van der Waals surface area contributed by atoms with Crippen LogP contribution < -0.4 is 4.90 Å². The Morgan fingerprint density at radius 3 is 2.75 bits per heavy atom. The van der Waals surface area contributed by atoms with Crippen LogP contribution in [0.2, 0.25) is 0 Å². The molecule has 2 rings (SSSR count). The van der Waals surface area contributed by atoms with Crippen LogP contribution in [0.1, 0.15) is 32.8 Å². The van der Waals surface area contributed by atoms with Crippen LogP contribution >= 0.6 is 12.6 Å². The first kappa shape index (κ1) is 21.8. The minimum atomic E-state index is -0.0193. The first-order valence-corrected chi connectivity index (χ1v) is 10.0. The third-order valence-electron chi connectivity index (χ3n) is 4.60. The summed E-state index contributed by atoms with van der Waals surface area (Å²) in [6.45, 7) is 7.32. The quantitative estimate of drug-likeness (QED) is 0.414. The highest BCUT2D eigenvalue weighted by Crippen LogP contribution is 2.26. The zero-order valence-electron chi connectivity index (χ0n) is 17.1. The van der Waals surface area contributed by atoms with Crippen LogP contribution in [0.15, 0.2) is 69.9 Å². The van der Waals surface area contributed by atoms with E-state index in [1.807, 2.05) is 79.3 Å². The third kappa shape index (κ3) is 5.49. The second-order valence-corrected chi connectivity index (χ2v) is 6.94. The summed E-state index contributed by atoms with van der Waals surface area (Å²) < 4.78 is 0. The van der Waals surface area contributed by atoms with Gasteiger partial charge in [0.25, 0.3) is 5.91 Å². The van der Waals surface area contributed by atoms with Gasteiger partial charge in [-0.1, -0.05) is 42.9 Å². The maximum absolute atomic E-state index is 13.5. The van der Waals surface area contributed by atoms with Crippen molar-refractivity contribution in [3.05, 3.63) is 70.4 Å². The summed E-state index contributed by atoms with van der Waals surface area (Å²) in [7, 11) is 1.98. The van der Waals surface area contributed by atoms with Gasteiger partial charge >= 0.3 is 0 Å². The number of thiol groups is 1. The minimum absolute atomic E-state index is 0.0193. The van der Waals surface area contributed by atoms with Crippen molar-refractivity contribution in [3.8, 4) is 0 Å². The molecule has 1 aliphatic heterocycles. The molecule has 0 radical (unpaired) electrons. The Kier molecular flexibility index (Phi) is 8.33. The summed E-state index contributed by atoms with van der Waals surface area (Å²) in [4.78, 5) is 21.9. The number of likely N-dealkylation sites (N-methyl/N-ethyl adjacent to an activating group) is 1. The second-order valence-electron chi connectivity index (χ2n) is 6.64. The van der Waals surface area contributed by atoms with Crippen molar-refractivity contribution in [3.63, 3.8) is 0 Å². The summed E-state index contributed by atoms with van der Waals surface area (Å²) in [5, 5.41) is 1.68. The smallest absolute Gasteiger partial charge is 0.262 e. The van der Waals surface area contributed by atoms with Crippen molar-refractivity contribution >= 4 is 36.5 Å². The Labute approximate surface area is 174 Å². The van der Waals surface area contributed by atoms with Gasteiger partial charge in [0.05, 0.1) is 5.57 Å². The molecule has 0 spiro atoms. The van der Waals surface area contributed by atoms with Gasteiger partial charge in [0.15, 0.2) is 0 Å². The number of rotatable bonds is 6. The van der Waals surface area contributed by atoms with Gasteiger partial charge in [-0.05, 0) is 49.4 Å². The standard InChI is InChI=1S/C23H29N3OS/c1-5-18(3)16-21-22(24-6-2)25(4)13-14-26(23(21)27)20-12-9-11-19(17-20)10-7-8-15-28/h6-12,15-17,28H,5,13-14H2,1-4H3/b10-7+,15-8-,18-16-,24-6-. The number of aliphatic imine (C=N–C) groups is 1. The molecule has 0 aliphatic carbocycles. The Bertz CT molecular complexity index is 849. The zero-order valence-corrected chi connectivity index (χ0v) is 18.0. The van der Waals surface area contributed by atoms with Crippen molar-refractivity contribution in [2.75, 3.05) is 25.0 Å². The summed E-state index contributed by atoms with van der Waals surface area (Å²) in [5.74, 6) is 0.701. The predicted octanol–water partition coefficient (Wildman–Crippen LogP) is 5.08. The predicted molar refractivity (Wildman–Crippen MR) is 124 cm³/mol. The largest absolute Gasteiger partial charge is 0.357 e. The van der Waals surface area contributed by atoms with Gasteiger partial charge in [0.1, 0.15) is 5.82 Å². The maximum atomic E-state index is 13.5. The SMILES string of the molecule is C/C=N\C1=C(/C=C(/C)CC)C(=O)N(c2cccc(/C=C/C=C\S)c2)CCN1C. The third-order valence-corrected chi connectivity index (χ3v) is 4.78. The van der Waals surface area contributed by atoms with Crippen LogP contribution in [-0.2, 0) is 4.79 Å². The molecule has 0 fully saturated rings. The van der Waals surface area contributed by atoms with E-state index in [9.17, 15) is 4.79 Å². The topological polar surface area (TPSA) is 35.9 Å². The monoisotopic (exact) mass is 395 g/mol. The molecule has 1 amide bonds. The van der Waals surface area contributed by atoms with Gasteiger partial charge in [-0.2, -0.15) is 12.6 Å². The van der Waals surface area contributed by atoms with Crippen molar-refractivity contribution in [1.29, 1.82) is 0 Å². The number of carbonyl (C=O) groups is 1. The van der Waals surface area contributed by atoms with Crippen molar-refractivity contribution in [1.82, 2.24) is 4.90 Å². The van der Waals surface area contributed by atoms with E-state index in [0.29, 0.717) is 18.7 Å². The molecule has 148 valence electrons. The molecule has 0 unspecified atom stereocenters. The average Bonchev–Trinajstić information content (AvgIpc) is 2.80. The summed E-state index contributed by atoms with van der Waals surface area (Å²) in [6.07, 6.45) is 10.4. The van der Waals surface area contributed by atoms with Gasteiger partial charge in [-0.15, -0.1) is 0 Å². The molecule has 0 bridgehead atoms. The van der Waals surface area contributed by atoms with Gasteiger partial charge in [0, 0.05) is 32.0 Å². The molecular weight excluding hydrogens is 366 g/mol. The molecule has 1 aromatic carbocycles. The Morgan fingerprint density at radius 1 is 1.29 bits per heavy atom. The van der Waals surface area contributed by atoms with E-state index in [1.54, 1.807) is 11.6 Å². The zero-order chi connectivity index (χ0) is 20.5. The summed E-state index contributed by atoms with van der Waals surface area (Å²) >= 11 is 4.06. The molecule has 28 heavy (non-hydrogen) atoms. The molecule has 0 aromatic heterocycles. The number of carbonyl (C=O) groups excluding carboxylic acids is 1. The van der Waals surface area contributed by atoms with Gasteiger partial charge in [-0.3, -0.25) is 4.79 Å². The van der Waals surface area contributed by atoms with Crippen LogP contribution in [0.25, 0.3) is 6.08 Å². The molecular formula is C23H29N3OS. The number of hydrogen-bond donors (Lipinski definition) is 1. The van der Waals surface area contributed by atoms with E-state index >= 15 is 0 Å². The molecule has 4 nitrogen and oxygen atoms in total. The van der Waals surface area contributed by atoms with Gasteiger partial charge in [-0.25, -0.2) is 4.99 Å². The molecule has 0 N–H and O–H groups in total. The normalized spacial score (nSPS) is 16.9. The maximum Gasteiger partial charge on any atom is 0.262 e. The highest BCUT2D eigenvalue weighted by molar-refractivity contribution is 7.83. The fourth-order valence-corrected chi connectivity index (χ4v) is 3.03. The van der Waals surface area contributed by atoms with Crippen LogP contribution in [-0.4, -0.2) is 37.2 Å². The fraction of sp³-hybridized carbons (Fsp3) is 0.304. The molecule has 1 aliphatic rings. The minimum Gasteiger partial charge on any atom is -0.357 e. The van der Waals surface area contributed by atoms with Gasteiger partial charge < -0.3 is 9.80 Å². The lowest BCUT2D eigenvalue weighted by Crippen LogP contribution is -2.34. The van der Waals surface area contributed by atoms with Crippen LogP contribution in [0, 0.1) is 0 Å². The average molecular weight is 396 g/mol. The van der Waals surface area contributed by atoms with Crippen molar-refractivity contribution < 1.29 is 4.79 Å². The van der Waals surface area contributed by atoms with E-state index in [0.717, 1.165) is 29.1 Å². The lowest BCUT2D eigenvalue weighted by atomic mass is 10.1. The number of nitrogens with zero attached hydrogens (tertiary/aromatic N) is 3. The lowest BCUT2D eigenvalue weighted by molar-refractivity contribution is -0.114. The number of anilines is 1. The highest BCUT2D eigenvalue weighted by atomic mass is 32.1. The first-order chi connectivity index (χ1) is 13.5. The van der Waals surface area contributed by atoms with Crippen LogP contribution in [0.4, 0.5) is 5.69 Å². The van der Waals surface area contributed by atoms with E-state index in [4.69, 9.17) is 0 Å².